The number of aromatic nitrogens is 6. The number of anilines is 1. The molecule has 4 heterocycles. The number of rotatable bonds is 4. The molecule has 140 valence electrons. The summed E-state index contributed by atoms with van der Waals surface area (Å²) in [5.74, 6) is 1.81. The number of nitrogens with zero attached hydrogens (tertiary/aromatic N) is 7. The second-order valence-electron chi connectivity index (χ2n) is 6.75. The van der Waals surface area contributed by atoms with Gasteiger partial charge in [0.15, 0.2) is 5.82 Å². The van der Waals surface area contributed by atoms with Crippen molar-refractivity contribution in [3.63, 3.8) is 0 Å². The Labute approximate surface area is 155 Å². The Morgan fingerprint density at radius 3 is 2.44 bits per heavy atom. The van der Waals surface area contributed by atoms with Crippen molar-refractivity contribution in [1.82, 2.24) is 29.3 Å². The lowest BCUT2D eigenvalue weighted by Gasteiger charge is -2.32. The third kappa shape index (κ3) is 3.67. The molecule has 0 N–H and O–H groups in total. The molecule has 4 rings (SSSR count). The number of hydrogen-bond donors (Lipinski definition) is 0. The lowest BCUT2D eigenvalue weighted by atomic mass is 9.97. The fourth-order valence-electron chi connectivity index (χ4n) is 3.34. The molecule has 1 aliphatic heterocycles. The summed E-state index contributed by atoms with van der Waals surface area (Å²) in [6.07, 6.45) is 5.35. The van der Waals surface area contributed by atoms with Gasteiger partial charge in [0.1, 0.15) is 5.82 Å². The van der Waals surface area contributed by atoms with Crippen molar-refractivity contribution in [1.29, 1.82) is 0 Å². The van der Waals surface area contributed by atoms with Crippen LogP contribution >= 0.6 is 0 Å². The largest absolute Gasteiger partial charge is 0.355 e. The highest BCUT2D eigenvalue weighted by molar-refractivity contribution is 5.36. The highest BCUT2D eigenvalue weighted by Crippen LogP contribution is 2.22. The minimum atomic E-state index is -0.115. The van der Waals surface area contributed by atoms with Crippen molar-refractivity contribution in [2.24, 2.45) is 13.0 Å². The monoisotopic (exact) mass is 367 g/mol. The standard InChI is InChI=1S/C18H21N7O2/c1-22-17(26)5-3-15(20-22)23-11-7-14(8-12-23)13-25-18(27)6-4-16(21-25)24-10-2-9-19-24/h2-6,9-10,14H,7-8,11-13H2,1H3. The minimum Gasteiger partial charge on any atom is -0.355 e. The van der Waals surface area contributed by atoms with Crippen LogP contribution in [0, 0.1) is 5.92 Å². The van der Waals surface area contributed by atoms with Crippen molar-refractivity contribution in [3.8, 4) is 5.82 Å². The average Bonchev–Trinajstić information content (AvgIpc) is 3.21. The van der Waals surface area contributed by atoms with E-state index in [1.54, 1.807) is 42.3 Å². The first kappa shape index (κ1) is 17.2. The molecule has 1 fully saturated rings. The van der Waals surface area contributed by atoms with Gasteiger partial charge in [0.25, 0.3) is 11.1 Å². The fourth-order valence-corrected chi connectivity index (χ4v) is 3.34. The highest BCUT2D eigenvalue weighted by Gasteiger charge is 2.21. The second kappa shape index (κ2) is 7.18. The minimum absolute atomic E-state index is 0.104. The Morgan fingerprint density at radius 2 is 1.74 bits per heavy atom. The summed E-state index contributed by atoms with van der Waals surface area (Å²) in [6, 6.07) is 8.34. The molecule has 9 nitrogen and oxygen atoms in total. The van der Waals surface area contributed by atoms with Gasteiger partial charge in [-0.25, -0.2) is 14.0 Å². The first-order valence-electron chi connectivity index (χ1n) is 8.97. The van der Waals surface area contributed by atoms with Gasteiger partial charge < -0.3 is 4.90 Å². The summed E-state index contributed by atoms with van der Waals surface area (Å²) in [5.41, 5.74) is -0.218. The number of aryl methyl sites for hydroxylation is 1. The third-order valence-corrected chi connectivity index (χ3v) is 4.91. The Kier molecular flexibility index (Phi) is 4.57. The van der Waals surface area contributed by atoms with E-state index in [1.165, 1.54) is 15.4 Å². The molecule has 3 aromatic rings. The molecule has 3 aromatic heterocycles. The summed E-state index contributed by atoms with van der Waals surface area (Å²) in [4.78, 5) is 25.9. The van der Waals surface area contributed by atoms with Crippen LogP contribution in [0.1, 0.15) is 12.8 Å². The van der Waals surface area contributed by atoms with Gasteiger partial charge in [-0.3, -0.25) is 9.59 Å². The van der Waals surface area contributed by atoms with E-state index in [-0.39, 0.29) is 11.1 Å². The predicted molar refractivity (Wildman–Crippen MR) is 100 cm³/mol. The quantitative estimate of drug-likeness (QED) is 0.665. The van der Waals surface area contributed by atoms with Crippen molar-refractivity contribution in [2.45, 2.75) is 19.4 Å². The van der Waals surface area contributed by atoms with E-state index in [0.29, 0.717) is 18.3 Å². The van der Waals surface area contributed by atoms with Crippen LogP contribution in [-0.2, 0) is 13.6 Å². The van der Waals surface area contributed by atoms with Gasteiger partial charge in [-0.1, -0.05) is 0 Å². The molecule has 0 atom stereocenters. The Bertz CT molecular complexity index is 1030. The summed E-state index contributed by atoms with van der Waals surface area (Å²) in [7, 11) is 1.66. The van der Waals surface area contributed by atoms with Crippen LogP contribution in [0.25, 0.3) is 5.82 Å². The molecular weight excluding hydrogens is 346 g/mol. The van der Waals surface area contributed by atoms with Gasteiger partial charge in [0, 0.05) is 51.2 Å². The third-order valence-electron chi connectivity index (χ3n) is 4.91. The summed E-state index contributed by atoms with van der Waals surface area (Å²) in [5, 5.41) is 12.9. The molecule has 0 spiro atoms. The molecule has 0 aliphatic carbocycles. The SMILES string of the molecule is Cn1nc(N2CCC(Cn3nc(-n4cccn4)ccc3=O)CC2)ccc1=O. The second-order valence-corrected chi connectivity index (χ2v) is 6.75. The lowest BCUT2D eigenvalue weighted by molar-refractivity contribution is 0.333. The van der Waals surface area contributed by atoms with Crippen molar-refractivity contribution in [2.75, 3.05) is 18.0 Å². The number of hydrogen-bond acceptors (Lipinski definition) is 6. The van der Waals surface area contributed by atoms with E-state index in [0.717, 1.165) is 31.7 Å². The maximum Gasteiger partial charge on any atom is 0.266 e. The summed E-state index contributed by atoms with van der Waals surface area (Å²) < 4.78 is 4.53. The van der Waals surface area contributed by atoms with Gasteiger partial charge in [-0.15, -0.1) is 5.10 Å². The van der Waals surface area contributed by atoms with Crippen molar-refractivity contribution >= 4 is 5.82 Å². The van der Waals surface area contributed by atoms with E-state index < -0.39 is 0 Å². The summed E-state index contributed by atoms with van der Waals surface area (Å²) in [6.45, 7) is 2.26. The van der Waals surface area contributed by atoms with Crippen LogP contribution in [-0.4, -0.2) is 42.4 Å². The van der Waals surface area contributed by atoms with Crippen LogP contribution in [0.3, 0.4) is 0 Å². The van der Waals surface area contributed by atoms with Gasteiger partial charge in [0.05, 0.1) is 0 Å². The van der Waals surface area contributed by atoms with Crippen LogP contribution in [0.4, 0.5) is 5.82 Å². The van der Waals surface area contributed by atoms with Crippen LogP contribution in [0.5, 0.6) is 0 Å². The zero-order valence-electron chi connectivity index (χ0n) is 15.1. The van der Waals surface area contributed by atoms with E-state index in [2.05, 4.69) is 20.2 Å². The molecule has 27 heavy (non-hydrogen) atoms. The average molecular weight is 367 g/mol. The fraction of sp³-hybridized carbons (Fsp3) is 0.389. The summed E-state index contributed by atoms with van der Waals surface area (Å²) >= 11 is 0. The normalized spacial score (nSPS) is 15.2. The van der Waals surface area contributed by atoms with Crippen molar-refractivity contribution in [3.05, 3.63) is 63.4 Å². The first-order chi connectivity index (χ1) is 13.1. The first-order valence-corrected chi connectivity index (χ1v) is 8.97. The molecule has 1 saturated heterocycles. The van der Waals surface area contributed by atoms with Crippen molar-refractivity contribution < 1.29 is 0 Å². The van der Waals surface area contributed by atoms with Crippen LogP contribution in [0.15, 0.2) is 52.3 Å². The molecular formula is C18H21N7O2. The van der Waals surface area contributed by atoms with Gasteiger partial charge >= 0.3 is 0 Å². The molecule has 0 aromatic carbocycles. The number of piperidine rings is 1. The molecule has 0 unspecified atom stereocenters. The lowest BCUT2D eigenvalue weighted by Crippen LogP contribution is -2.38. The molecule has 0 saturated carbocycles. The Morgan fingerprint density at radius 1 is 1.00 bits per heavy atom. The smallest absolute Gasteiger partial charge is 0.266 e. The van der Waals surface area contributed by atoms with E-state index >= 15 is 0 Å². The van der Waals surface area contributed by atoms with E-state index in [9.17, 15) is 9.59 Å². The molecule has 0 radical (unpaired) electrons. The van der Waals surface area contributed by atoms with Crippen LogP contribution < -0.4 is 16.0 Å². The van der Waals surface area contributed by atoms with E-state index in [4.69, 9.17) is 0 Å². The van der Waals surface area contributed by atoms with Crippen LogP contribution in [0.2, 0.25) is 0 Å². The Balaban J connectivity index is 1.43. The zero-order valence-corrected chi connectivity index (χ0v) is 15.1. The maximum atomic E-state index is 12.2. The van der Waals surface area contributed by atoms with Gasteiger partial charge in [-0.2, -0.15) is 10.2 Å². The maximum absolute atomic E-state index is 12.2. The predicted octanol–water partition coefficient (Wildman–Crippen LogP) is 0.439. The Hall–Kier alpha value is -3.23. The topological polar surface area (TPSA) is 90.8 Å². The van der Waals surface area contributed by atoms with Gasteiger partial charge in [-0.05, 0) is 37.0 Å². The zero-order chi connectivity index (χ0) is 18.8. The molecule has 9 heteroatoms. The molecule has 1 aliphatic rings. The molecule has 0 amide bonds. The van der Waals surface area contributed by atoms with E-state index in [1.807, 2.05) is 6.07 Å². The molecule has 0 bridgehead atoms. The highest BCUT2D eigenvalue weighted by atomic mass is 16.1. The van der Waals surface area contributed by atoms with Gasteiger partial charge in [0.2, 0.25) is 0 Å².